The molecule has 4 aromatic rings. The number of carbonyl (C=O) groups is 1. The number of amides is 1. The smallest absolute Gasteiger partial charge is 0.410 e. The SMILES string of the molecule is Cc1c(NS(=O)(=O)c2ccccc2Cl)ccc(Oc2ncccc2-c2ccnc(N[C@H]3CCCN(C(=O)OC(C)(C)C)C3)n2)c1C. The molecule has 11 nitrogen and oxygen atoms in total. The van der Waals surface area contributed by atoms with Crippen LogP contribution < -0.4 is 14.8 Å². The lowest BCUT2D eigenvalue weighted by molar-refractivity contribution is 0.0206. The number of aromatic nitrogens is 3. The first-order valence-corrected chi connectivity index (χ1v) is 16.7. The minimum absolute atomic E-state index is 0.00487. The normalized spacial score (nSPS) is 15.3. The zero-order valence-electron chi connectivity index (χ0n) is 26.4. The molecule has 3 heterocycles. The second-order valence-electron chi connectivity index (χ2n) is 12.0. The van der Waals surface area contributed by atoms with Crippen molar-refractivity contribution < 1.29 is 22.7 Å². The molecular formula is C33H37ClN6O5S. The van der Waals surface area contributed by atoms with E-state index in [1.165, 1.54) is 12.1 Å². The first kappa shape index (κ1) is 33.0. The van der Waals surface area contributed by atoms with Crippen molar-refractivity contribution in [3.63, 3.8) is 0 Å². The highest BCUT2D eigenvalue weighted by Gasteiger charge is 2.28. The molecular weight excluding hydrogens is 628 g/mol. The average Bonchev–Trinajstić information content (AvgIpc) is 3.01. The van der Waals surface area contributed by atoms with Gasteiger partial charge in [-0.25, -0.2) is 28.2 Å². The summed E-state index contributed by atoms with van der Waals surface area (Å²) in [6.45, 7) is 10.3. The lowest BCUT2D eigenvalue weighted by atomic mass is 10.1. The van der Waals surface area contributed by atoms with Crippen LogP contribution in [0, 0.1) is 13.8 Å². The molecule has 2 aromatic carbocycles. The molecule has 1 saturated heterocycles. The fourth-order valence-corrected chi connectivity index (χ4v) is 6.64. The number of hydrogen-bond acceptors (Lipinski definition) is 9. The number of sulfonamides is 1. The standard InChI is InChI=1S/C33H37ClN6O5S/c1-21-22(2)28(15-14-26(21)39-46(42,43)29-13-7-6-12-25(29)34)44-30-24(11-8-17-35-30)27-16-18-36-31(38-27)37-23-10-9-19-40(20-23)32(41)45-33(3,4)5/h6-8,11-18,23,39H,9-10,19-20H2,1-5H3,(H,36,37,38)/t23-/m0/s1. The third-order valence-electron chi connectivity index (χ3n) is 7.42. The van der Waals surface area contributed by atoms with Gasteiger partial charge in [-0.05, 0) is 101 Å². The lowest BCUT2D eigenvalue weighted by Crippen LogP contribution is -2.47. The van der Waals surface area contributed by atoms with E-state index in [-0.39, 0.29) is 22.1 Å². The van der Waals surface area contributed by atoms with Crippen LogP contribution in [0.2, 0.25) is 5.02 Å². The molecule has 0 saturated carbocycles. The Kier molecular flexibility index (Phi) is 9.68. The molecule has 242 valence electrons. The fraction of sp³-hybridized carbons (Fsp3) is 0.333. The van der Waals surface area contributed by atoms with E-state index in [1.807, 2.05) is 40.7 Å². The van der Waals surface area contributed by atoms with Gasteiger partial charge < -0.3 is 19.7 Å². The molecule has 46 heavy (non-hydrogen) atoms. The molecule has 0 spiro atoms. The number of piperidine rings is 1. The van der Waals surface area contributed by atoms with E-state index in [4.69, 9.17) is 26.1 Å². The number of hydrogen-bond donors (Lipinski definition) is 2. The maximum atomic E-state index is 13.0. The maximum Gasteiger partial charge on any atom is 0.410 e. The number of nitrogens with zero attached hydrogens (tertiary/aromatic N) is 4. The molecule has 1 atom stereocenters. The number of nitrogens with one attached hydrogen (secondary N) is 2. The van der Waals surface area contributed by atoms with Crippen LogP contribution in [-0.4, -0.2) is 59.1 Å². The van der Waals surface area contributed by atoms with Crippen molar-refractivity contribution >= 4 is 39.4 Å². The van der Waals surface area contributed by atoms with Gasteiger partial charge in [0.1, 0.15) is 16.2 Å². The Morgan fingerprint density at radius 2 is 1.78 bits per heavy atom. The summed E-state index contributed by atoms with van der Waals surface area (Å²) in [6, 6.07) is 15.0. The predicted molar refractivity (Wildman–Crippen MR) is 178 cm³/mol. The topological polar surface area (TPSA) is 136 Å². The van der Waals surface area contributed by atoms with E-state index in [9.17, 15) is 13.2 Å². The highest BCUT2D eigenvalue weighted by molar-refractivity contribution is 7.92. The Hall–Kier alpha value is -4.42. The van der Waals surface area contributed by atoms with Crippen LogP contribution in [0.4, 0.5) is 16.4 Å². The molecule has 1 fully saturated rings. The van der Waals surface area contributed by atoms with Gasteiger partial charge in [-0.3, -0.25) is 4.72 Å². The maximum absolute atomic E-state index is 13.0. The second-order valence-corrected chi connectivity index (χ2v) is 14.1. The monoisotopic (exact) mass is 664 g/mol. The molecule has 1 amide bonds. The fourth-order valence-electron chi connectivity index (χ4n) is 5.00. The van der Waals surface area contributed by atoms with Gasteiger partial charge in [0.25, 0.3) is 10.0 Å². The van der Waals surface area contributed by atoms with Gasteiger partial charge in [-0.1, -0.05) is 23.7 Å². The van der Waals surface area contributed by atoms with Crippen molar-refractivity contribution in [2.45, 2.75) is 64.0 Å². The van der Waals surface area contributed by atoms with Crippen LogP contribution in [-0.2, 0) is 14.8 Å². The third-order valence-corrected chi connectivity index (χ3v) is 9.29. The van der Waals surface area contributed by atoms with E-state index in [1.54, 1.807) is 53.7 Å². The summed E-state index contributed by atoms with van der Waals surface area (Å²) >= 11 is 6.14. The van der Waals surface area contributed by atoms with Gasteiger partial charge in [0.05, 0.1) is 22.0 Å². The van der Waals surface area contributed by atoms with Crippen LogP contribution in [0.15, 0.2) is 71.9 Å². The Balaban J connectivity index is 1.33. The highest BCUT2D eigenvalue weighted by Crippen LogP contribution is 2.36. The number of halogens is 1. The summed E-state index contributed by atoms with van der Waals surface area (Å²) in [5.74, 6) is 1.26. The molecule has 5 rings (SSSR count). The van der Waals surface area contributed by atoms with Gasteiger partial charge >= 0.3 is 6.09 Å². The molecule has 2 N–H and O–H groups in total. The third kappa shape index (κ3) is 7.86. The Morgan fingerprint density at radius 1 is 1.00 bits per heavy atom. The quantitative estimate of drug-likeness (QED) is 0.200. The summed E-state index contributed by atoms with van der Waals surface area (Å²) in [5, 5.41) is 3.50. The highest BCUT2D eigenvalue weighted by atomic mass is 35.5. The first-order chi connectivity index (χ1) is 21.8. The minimum atomic E-state index is -3.91. The molecule has 1 aliphatic heterocycles. The van der Waals surface area contributed by atoms with Crippen LogP contribution >= 0.6 is 11.6 Å². The largest absolute Gasteiger partial charge is 0.444 e. The summed E-state index contributed by atoms with van der Waals surface area (Å²) in [5.41, 5.74) is 2.50. The van der Waals surface area contributed by atoms with Crippen molar-refractivity contribution in [1.29, 1.82) is 0 Å². The van der Waals surface area contributed by atoms with E-state index in [0.717, 1.165) is 18.4 Å². The molecule has 1 aliphatic rings. The van der Waals surface area contributed by atoms with E-state index < -0.39 is 15.6 Å². The van der Waals surface area contributed by atoms with Gasteiger partial charge in [0.2, 0.25) is 11.8 Å². The van der Waals surface area contributed by atoms with Crippen molar-refractivity contribution in [2.24, 2.45) is 0 Å². The Bertz CT molecular complexity index is 1850. The van der Waals surface area contributed by atoms with Gasteiger partial charge in [-0.15, -0.1) is 0 Å². The predicted octanol–water partition coefficient (Wildman–Crippen LogP) is 7.21. The second kappa shape index (κ2) is 13.5. The molecule has 2 aromatic heterocycles. The molecule has 0 bridgehead atoms. The van der Waals surface area contributed by atoms with Crippen LogP contribution in [0.25, 0.3) is 11.3 Å². The number of anilines is 2. The van der Waals surface area contributed by atoms with E-state index >= 15 is 0 Å². The average molecular weight is 665 g/mol. The van der Waals surface area contributed by atoms with Crippen molar-refractivity contribution in [3.05, 3.63) is 83.1 Å². The zero-order valence-corrected chi connectivity index (χ0v) is 27.9. The minimum Gasteiger partial charge on any atom is -0.444 e. The molecule has 13 heteroatoms. The van der Waals surface area contributed by atoms with Crippen LogP contribution in [0.5, 0.6) is 11.6 Å². The number of pyridine rings is 1. The molecule has 0 radical (unpaired) electrons. The number of ether oxygens (including phenoxy) is 2. The van der Waals surface area contributed by atoms with Crippen molar-refractivity contribution in [3.8, 4) is 22.9 Å². The summed E-state index contributed by atoms with van der Waals surface area (Å²) in [6.07, 6.45) is 4.64. The van der Waals surface area contributed by atoms with Gasteiger partial charge in [0.15, 0.2) is 0 Å². The Labute approximate surface area is 274 Å². The van der Waals surface area contributed by atoms with Gasteiger partial charge in [-0.2, -0.15) is 0 Å². The lowest BCUT2D eigenvalue weighted by Gasteiger charge is -2.34. The van der Waals surface area contributed by atoms with Crippen molar-refractivity contribution in [2.75, 3.05) is 23.1 Å². The molecule has 0 unspecified atom stereocenters. The zero-order chi connectivity index (χ0) is 33.1. The van der Waals surface area contributed by atoms with Crippen molar-refractivity contribution in [1.82, 2.24) is 19.9 Å². The molecule has 0 aliphatic carbocycles. The Morgan fingerprint density at radius 3 is 2.54 bits per heavy atom. The number of benzene rings is 2. The number of carbonyl (C=O) groups excluding carboxylic acids is 1. The first-order valence-electron chi connectivity index (χ1n) is 14.9. The van der Waals surface area contributed by atoms with E-state index in [2.05, 4.69) is 20.0 Å². The van der Waals surface area contributed by atoms with E-state index in [0.29, 0.717) is 53.2 Å². The van der Waals surface area contributed by atoms with Gasteiger partial charge in [0, 0.05) is 31.5 Å². The number of rotatable bonds is 8. The van der Waals surface area contributed by atoms with Crippen LogP contribution in [0.1, 0.15) is 44.7 Å². The summed E-state index contributed by atoms with van der Waals surface area (Å²) < 4.78 is 40.5. The summed E-state index contributed by atoms with van der Waals surface area (Å²) in [7, 11) is -3.91. The van der Waals surface area contributed by atoms with Crippen LogP contribution in [0.3, 0.4) is 0 Å². The summed E-state index contributed by atoms with van der Waals surface area (Å²) in [4.78, 5) is 27.9. The number of likely N-dealkylation sites (tertiary alicyclic amines) is 1.